The molecule has 3 rings (SSSR count). The maximum Gasteiger partial charge on any atom is 0.234 e. The first-order valence-electron chi connectivity index (χ1n) is 10.9. The van der Waals surface area contributed by atoms with Crippen LogP contribution in [0.1, 0.15) is 45.2 Å². The minimum absolute atomic E-state index is 0.0880. The fourth-order valence-corrected chi connectivity index (χ4v) is 4.03. The second-order valence-electron chi connectivity index (χ2n) is 8.84. The van der Waals surface area contributed by atoms with Crippen LogP contribution in [0.2, 0.25) is 0 Å². The van der Waals surface area contributed by atoms with Gasteiger partial charge in [0.1, 0.15) is 17.2 Å². The SMILES string of the molecule is COc1ccc(NC(=O)CSc2nnc(C(C)Oc3ccc(C(C)(C)C)cc3)n2C)c(OC)c1. The molecular weight excluding hydrogens is 452 g/mol. The maximum absolute atomic E-state index is 12.5. The molecule has 0 spiro atoms. The number of anilines is 1. The summed E-state index contributed by atoms with van der Waals surface area (Å²) in [6.07, 6.45) is -0.301. The smallest absolute Gasteiger partial charge is 0.234 e. The van der Waals surface area contributed by atoms with E-state index in [0.717, 1.165) is 5.75 Å². The number of carbonyl (C=O) groups is 1. The average Bonchev–Trinajstić information content (AvgIpc) is 3.18. The van der Waals surface area contributed by atoms with Crippen molar-refractivity contribution in [1.29, 1.82) is 0 Å². The first-order chi connectivity index (χ1) is 16.1. The summed E-state index contributed by atoms with van der Waals surface area (Å²) in [5, 5.41) is 12.0. The fraction of sp³-hybridized carbons (Fsp3) is 0.400. The molecule has 1 unspecified atom stereocenters. The van der Waals surface area contributed by atoms with Crippen LogP contribution in [-0.4, -0.2) is 40.6 Å². The van der Waals surface area contributed by atoms with Crippen LogP contribution in [0.4, 0.5) is 5.69 Å². The van der Waals surface area contributed by atoms with Crippen molar-refractivity contribution in [2.24, 2.45) is 7.05 Å². The lowest BCUT2D eigenvalue weighted by molar-refractivity contribution is -0.113. The number of rotatable bonds is 9. The molecular formula is C25H32N4O4S. The Labute approximate surface area is 205 Å². The monoisotopic (exact) mass is 484 g/mol. The van der Waals surface area contributed by atoms with Gasteiger partial charge in [-0.25, -0.2) is 0 Å². The number of hydrogen-bond acceptors (Lipinski definition) is 7. The van der Waals surface area contributed by atoms with E-state index in [4.69, 9.17) is 14.2 Å². The summed E-state index contributed by atoms with van der Waals surface area (Å²) in [7, 11) is 4.99. The quantitative estimate of drug-likeness (QED) is 0.428. The summed E-state index contributed by atoms with van der Waals surface area (Å²) in [5.41, 5.74) is 1.91. The standard InChI is InChI=1S/C25H32N4O4S/c1-16(33-18-10-8-17(9-11-18)25(2,3)4)23-27-28-24(29(23)5)34-15-22(30)26-20-13-12-19(31-6)14-21(20)32-7/h8-14,16H,15H2,1-7H3,(H,26,30). The molecule has 0 bridgehead atoms. The van der Waals surface area contributed by atoms with Crippen LogP contribution in [0.15, 0.2) is 47.6 Å². The Morgan fingerprint density at radius 1 is 1.06 bits per heavy atom. The van der Waals surface area contributed by atoms with Gasteiger partial charge in [-0.05, 0) is 42.2 Å². The Morgan fingerprint density at radius 3 is 2.35 bits per heavy atom. The third-order valence-electron chi connectivity index (χ3n) is 5.28. The third kappa shape index (κ3) is 6.22. The van der Waals surface area contributed by atoms with Gasteiger partial charge in [0.2, 0.25) is 5.91 Å². The molecule has 0 saturated carbocycles. The van der Waals surface area contributed by atoms with Crippen LogP contribution in [0.25, 0.3) is 0 Å². The summed E-state index contributed by atoms with van der Waals surface area (Å²) in [6, 6.07) is 13.3. The second kappa shape index (κ2) is 10.8. The molecule has 0 aliphatic heterocycles. The summed E-state index contributed by atoms with van der Waals surface area (Å²) in [6.45, 7) is 8.47. The number of ether oxygens (including phenoxy) is 3. The van der Waals surface area contributed by atoms with Crippen molar-refractivity contribution in [2.45, 2.75) is 44.4 Å². The average molecular weight is 485 g/mol. The molecule has 1 heterocycles. The van der Waals surface area contributed by atoms with Gasteiger partial charge in [-0.15, -0.1) is 10.2 Å². The van der Waals surface area contributed by atoms with E-state index in [1.807, 2.05) is 30.7 Å². The number of benzene rings is 2. The van der Waals surface area contributed by atoms with E-state index in [1.165, 1.54) is 17.3 Å². The van der Waals surface area contributed by atoms with E-state index in [1.54, 1.807) is 32.4 Å². The van der Waals surface area contributed by atoms with E-state index in [-0.39, 0.29) is 23.2 Å². The predicted octanol–water partition coefficient (Wildman–Crippen LogP) is 5.00. The molecule has 1 amide bonds. The lowest BCUT2D eigenvalue weighted by Crippen LogP contribution is -2.15. The van der Waals surface area contributed by atoms with Gasteiger partial charge in [0.05, 0.1) is 25.7 Å². The van der Waals surface area contributed by atoms with Gasteiger partial charge in [0, 0.05) is 13.1 Å². The molecule has 0 saturated heterocycles. The minimum Gasteiger partial charge on any atom is -0.497 e. The maximum atomic E-state index is 12.5. The predicted molar refractivity (Wildman–Crippen MR) is 134 cm³/mol. The lowest BCUT2D eigenvalue weighted by atomic mass is 9.87. The van der Waals surface area contributed by atoms with E-state index < -0.39 is 0 Å². The highest BCUT2D eigenvalue weighted by Crippen LogP contribution is 2.30. The lowest BCUT2D eigenvalue weighted by Gasteiger charge is -2.20. The molecule has 8 nitrogen and oxygen atoms in total. The fourth-order valence-electron chi connectivity index (χ4n) is 3.31. The van der Waals surface area contributed by atoms with Crippen molar-refractivity contribution in [1.82, 2.24) is 14.8 Å². The highest BCUT2D eigenvalue weighted by Gasteiger charge is 2.19. The number of aromatic nitrogens is 3. The first kappa shape index (κ1) is 25.4. The van der Waals surface area contributed by atoms with E-state index in [9.17, 15) is 4.79 Å². The van der Waals surface area contributed by atoms with Crippen molar-refractivity contribution in [2.75, 3.05) is 25.3 Å². The number of methoxy groups -OCH3 is 2. The van der Waals surface area contributed by atoms with E-state index in [2.05, 4.69) is 48.4 Å². The van der Waals surface area contributed by atoms with Crippen molar-refractivity contribution >= 4 is 23.4 Å². The zero-order valence-electron chi connectivity index (χ0n) is 20.7. The van der Waals surface area contributed by atoms with Crippen LogP contribution in [0, 0.1) is 0 Å². The van der Waals surface area contributed by atoms with Gasteiger partial charge in [0.15, 0.2) is 17.1 Å². The Morgan fingerprint density at radius 2 is 1.74 bits per heavy atom. The van der Waals surface area contributed by atoms with Gasteiger partial charge in [-0.1, -0.05) is 44.7 Å². The summed E-state index contributed by atoms with van der Waals surface area (Å²) in [5.74, 6) is 2.62. The van der Waals surface area contributed by atoms with Gasteiger partial charge in [-0.2, -0.15) is 0 Å². The number of amides is 1. The Bertz CT molecular complexity index is 1120. The number of thioether (sulfide) groups is 1. The molecule has 34 heavy (non-hydrogen) atoms. The number of nitrogens with zero attached hydrogens (tertiary/aromatic N) is 3. The van der Waals surface area contributed by atoms with Crippen molar-refractivity contribution < 1.29 is 19.0 Å². The molecule has 2 aromatic carbocycles. The van der Waals surface area contributed by atoms with Crippen LogP contribution in [0.3, 0.4) is 0 Å². The van der Waals surface area contributed by atoms with Crippen molar-refractivity contribution in [3.63, 3.8) is 0 Å². The molecule has 182 valence electrons. The molecule has 0 radical (unpaired) electrons. The van der Waals surface area contributed by atoms with Crippen LogP contribution in [0.5, 0.6) is 17.2 Å². The van der Waals surface area contributed by atoms with Crippen LogP contribution < -0.4 is 19.5 Å². The highest BCUT2D eigenvalue weighted by molar-refractivity contribution is 7.99. The zero-order chi connectivity index (χ0) is 24.9. The normalized spacial score (nSPS) is 12.2. The largest absolute Gasteiger partial charge is 0.497 e. The molecule has 0 aliphatic carbocycles. The van der Waals surface area contributed by atoms with Gasteiger partial charge < -0.3 is 24.1 Å². The second-order valence-corrected chi connectivity index (χ2v) is 9.78. The summed E-state index contributed by atoms with van der Waals surface area (Å²) >= 11 is 1.30. The van der Waals surface area contributed by atoms with Crippen molar-refractivity contribution in [3.8, 4) is 17.2 Å². The first-order valence-corrected chi connectivity index (χ1v) is 11.9. The minimum atomic E-state index is -0.301. The number of nitrogens with one attached hydrogen (secondary N) is 1. The third-order valence-corrected chi connectivity index (χ3v) is 6.30. The molecule has 0 fully saturated rings. The van der Waals surface area contributed by atoms with E-state index in [0.29, 0.717) is 28.2 Å². The molecule has 1 N–H and O–H groups in total. The Kier molecular flexibility index (Phi) is 8.09. The summed E-state index contributed by atoms with van der Waals surface area (Å²) < 4.78 is 18.4. The zero-order valence-corrected chi connectivity index (χ0v) is 21.5. The van der Waals surface area contributed by atoms with Gasteiger partial charge >= 0.3 is 0 Å². The molecule has 0 aliphatic rings. The van der Waals surface area contributed by atoms with Crippen LogP contribution in [-0.2, 0) is 17.3 Å². The van der Waals surface area contributed by atoms with Crippen molar-refractivity contribution in [3.05, 3.63) is 53.9 Å². The van der Waals surface area contributed by atoms with E-state index >= 15 is 0 Å². The topological polar surface area (TPSA) is 87.5 Å². The summed E-state index contributed by atoms with van der Waals surface area (Å²) in [4.78, 5) is 12.5. The molecule has 9 heteroatoms. The highest BCUT2D eigenvalue weighted by atomic mass is 32.2. The van der Waals surface area contributed by atoms with Gasteiger partial charge in [-0.3, -0.25) is 4.79 Å². The van der Waals surface area contributed by atoms with Crippen LogP contribution >= 0.6 is 11.8 Å². The Balaban J connectivity index is 1.59. The molecule has 3 aromatic rings. The number of carbonyl (C=O) groups excluding carboxylic acids is 1. The molecule has 1 atom stereocenters. The Hall–Kier alpha value is -3.20. The molecule has 1 aromatic heterocycles. The van der Waals surface area contributed by atoms with Gasteiger partial charge in [0.25, 0.3) is 0 Å². The number of hydrogen-bond donors (Lipinski definition) is 1.